The van der Waals surface area contributed by atoms with Crippen LogP contribution >= 0.6 is 0 Å². The summed E-state index contributed by atoms with van der Waals surface area (Å²) in [5.41, 5.74) is -2.10. The molecule has 0 aromatic heterocycles. The van der Waals surface area contributed by atoms with Gasteiger partial charge in [-0.05, 0) is 67.5 Å². The zero-order valence-electron chi connectivity index (χ0n) is 21.4. The summed E-state index contributed by atoms with van der Waals surface area (Å²) >= 11 is 0. The van der Waals surface area contributed by atoms with Crippen LogP contribution in [0.3, 0.4) is 0 Å². The van der Waals surface area contributed by atoms with Crippen LogP contribution in [0.1, 0.15) is 66.5 Å². The van der Waals surface area contributed by atoms with E-state index in [4.69, 9.17) is 0 Å². The SMILES string of the molecule is CC(NC(=O)[C@]1(c2ccccc2)CC[C@H](NCc2ccccc2)CC1)c1cc(C(F)(F)F)cc(C(F)(F)F)c1. The van der Waals surface area contributed by atoms with Gasteiger partial charge in [-0.15, -0.1) is 0 Å². The fourth-order valence-corrected chi connectivity index (χ4v) is 5.22. The van der Waals surface area contributed by atoms with Gasteiger partial charge in [-0.3, -0.25) is 4.79 Å². The van der Waals surface area contributed by atoms with Crippen LogP contribution in [0.15, 0.2) is 78.9 Å². The maximum absolute atomic E-state index is 13.8. The normalized spacial score (nSPS) is 20.8. The van der Waals surface area contributed by atoms with E-state index in [0.29, 0.717) is 44.4 Å². The second-order valence-electron chi connectivity index (χ2n) is 10.1. The van der Waals surface area contributed by atoms with Gasteiger partial charge in [0.25, 0.3) is 0 Å². The molecule has 0 bridgehead atoms. The molecule has 2 N–H and O–H groups in total. The van der Waals surface area contributed by atoms with Crippen molar-refractivity contribution in [3.05, 3.63) is 107 Å². The van der Waals surface area contributed by atoms with Gasteiger partial charge in [0.2, 0.25) is 5.91 Å². The number of nitrogens with one attached hydrogen (secondary N) is 2. The molecule has 0 heterocycles. The lowest BCUT2D eigenvalue weighted by Crippen LogP contribution is -2.49. The number of amides is 1. The van der Waals surface area contributed by atoms with E-state index in [9.17, 15) is 31.1 Å². The zero-order chi connectivity index (χ0) is 28.3. The molecule has 1 amide bonds. The van der Waals surface area contributed by atoms with Crippen molar-refractivity contribution >= 4 is 5.91 Å². The van der Waals surface area contributed by atoms with Crippen LogP contribution in [0.5, 0.6) is 0 Å². The van der Waals surface area contributed by atoms with Crippen molar-refractivity contribution in [2.75, 3.05) is 0 Å². The van der Waals surface area contributed by atoms with Crippen molar-refractivity contribution in [2.24, 2.45) is 0 Å². The minimum Gasteiger partial charge on any atom is -0.349 e. The minimum absolute atomic E-state index is 0.0905. The fraction of sp³-hybridized carbons (Fsp3) is 0.367. The molecule has 1 aliphatic carbocycles. The lowest BCUT2D eigenvalue weighted by atomic mass is 9.67. The maximum atomic E-state index is 13.8. The molecule has 0 radical (unpaired) electrons. The molecule has 208 valence electrons. The summed E-state index contributed by atoms with van der Waals surface area (Å²) in [4.78, 5) is 13.8. The highest BCUT2D eigenvalue weighted by atomic mass is 19.4. The highest BCUT2D eigenvalue weighted by Crippen LogP contribution is 2.41. The van der Waals surface area contributed by atoms with E-state index in [1.807, 2.05) is 60.7 Å². The van der Waals surface area contributed by atoms with Gasteiger partial charge in [0.05, 0.1) is 22.6 Å². The Bertz CT molecular complexity index is 1220. The molecular weight excluding hydrogens is 518 g/mol. The van der Waals surface area contributed by atoms with Crippen LogP contribution in [-0.2, 0) is 29.1 Å². The summed E-state index contributed by atoms with van der Waals surface area (Å²) in [6.07, 6.45) is -7.58. The Labute approximate surface area is 223 Å². The summed E-state index contributed by atoms with van der Waals surface area (Å²) in [6, 6.07) is 19.6. The van der Waals surface area contributed by atoms with E-state index >= 15 is 0 Å². The predicted octanol–water partition coefficient (Wildman–Crippen LogP) is 7.57. The third-order valence-corrected chi connectivity index (χ3v) is 7.50. The number of hydrogen-bond donors (Lipinski definition) is 2. The standard InChI is InChI=1S/C30H30F6N2O/c1-20(22-16-24(29(31,32)33)18-25(17-22)30(34,35)36)38-27(39)28(23-10-6-3-7-11-23)14-12-26(13-15-28)37-19-21-8-4-2-5-9-21/h2-11,16-18,20,26,37H,12-15,19H2,1H3,(H,38,39)/t20?,26-,28+. The summed E-state index contributed by atoms with van der Waals surface area (Å²) < 4.78 is 80.3. The number of carbonyl (C=O) groups excluding carboxylic acids is 1. The van der Waals surface area contributed by atoms with Gasteiger partial charge in [-0.25, -0.2) is 0 Å². The van der Waals surface area contributed by atoms with Gasteiger partial charge >= 0.3 is 12.4 Å². The highest BCUT2D eigenvalue weighted by molar-refractivity contribution is 5.88. The second kappa shape index (κ2) is 11.4. The van der Waals surface area contributed by atoms with Crippen LogP contribution in [0, 0.1) is 0 Å². The molecule has 0 saturated heterocycles. The van der Waals surface area contributed by atoms with Crippen LogP contribution in [0.25, 0.3) is 0 Å². The van der Waals surface area contributed by atoms with E-state index in [2.05, 4.69) is 10.6 Å². The Morgan fingerprint density at radius 3 is 1.87 bits per heavy atom. The Hall–Kier alpha value is -3.33. The van der Waals surface area contributed by atoms with Crippen molar-refractivity contribution in [3.63, 3.8) is 0 Å². The second-order valence-corrected chi connectivity index (χ2v) is 10.1. The average Bonchev–Trinajstić information content (AvgIpc) is 2.92. The van der Waals surface area contributed by atoms with E-state index < -0.39 is 40.8 Å². The van der Waals surface area contributed by atoms with Crippen molar-refractivity contribution in [2.45, 2.75) is 69.0 Å². The molecule has 4 rings (SSSR count). The topological polar surface area (TPSA) is 41.1 Å². The van der Waals surface area contributed by atoms with Crippen LogP contribution in [0.4, 0.5) is 26.3 Å². The summed E-state index contributed by atoms with van der Waals surface area (Å²) in [5.74, 6) is -0.409. The van der Waals surface area contributed by atoms with Crippen LogP contribution < -0.4 is 10.6 Å². The van der Waals surface area contributed by atoms with Crippen molar-refractivity contribution < 1.29 is 31.1 Å². The summed E-state index contributed by atoms with van der Waals surface area (Å²) in [7, 11) is 0. The van der Waals surface area contributed by atoms with E-state index in [-0.39, 0.29) is 17.7 Å². The molecule has 3 aromatic carbocycles. The van der Waals surface area contributed by atoms with E-state index in [1.54, 1.807) is 0 Å². The molecule has 0 spiro atoms. The van der Waals surface area contributed by atoms with Crippen molar-refractivity contribution in [3.8, 4) is 0 Å². The van der Waals surface area contributed by atoms with Gasteiger partial charge in [0.15, 0.2) is 0 Å². The quantitative estimate of drug-likeness (QED) is 0.299. The first-order chi connectivity index (χ1) is 18.4. The molecule has 3 aromatic rings. The Kier molecular flexibility index (Phi) is 8.39. The number of hydrogen-bond acceptors (Lipinski definition) is 2. The first-order valence-corrected chi connectivity index (χ1v) is 12.8. The number of halogens is 6. The fourth-order valence-electron chi connectivity index (χ4n) is 5.22. The number of benzene rings is 3. The van der Waals surface area contributed by atoms with Crippen LogP contribution in [-0.4, -0.2) is 11.9 Å². The Morgan fingerprint density at radius 1 is 0.846 bits per heavy atom. The molecule has 0 aliphatic heterocycles. The predicted molar refractivity (Wildman–Crippen MR) is 137 cm³/mol. The van der Waals surface area contributed by atoms with Gasteiger partial charge in [-0.2, -0.15) is 26.3 Å². The van der Waals surface area contributed by atoms with Crippen molar-refractivity contribution in [1.29, 1.82) is 0 Å². The van der Waals surface area contributed by atoms with Gasteiger partial charge in [0, 0.05) is 12.6 Å². The molecule has 1 unspecified atom stereocenters. The lowest BCUT2D eigenvalue weighted by Gasteiger charge is -2.40. The lowest BCUT2D eigenvalue weighted by molar-refractivity contribution is -0.143. The summed E-state index contributed by atoms with van der Waals surface area (Å²) in [6.45, 7) is 2.09. The number of rotatable bonds is 7. The largest absolute Gasteiger partial charge is 0.416 e. The first-order valence-electron chi connectivity index (χ1n) is 12.8. The Balaban J connectivity index is 1.55. The molecule has 1 fully saturated rings. The molecular formula is C30H30F6N2O. The zero-order valence-corrected chi connectivity index (χ0v) is 21.4. The first kappa shape index (κ1) is 28.7. The van der Waals surface area contributed by atoms with E-state index in [0.717, 1.165) is 11.1 Å². The summed E-state index contributed by atoms with van der Waals surface area (Å²) in [5, 5.41) is 6.27. The molecule has 9 heteroatoms. The van der Waals surface area contributed by atoms with Gasteiger partial charge in [0.1, 0.15) is 0 Å². The highest BCUT2D eigenvalue weighted by Gasteiger charge is 2.44. The molecule has 1 aliphatic rings. The van der Waals surface area contributed by atoms with E-state index in [1.165, 1.54) is 6.92 Å². The average molecular weight is 549 g/mol. The molecule has 3 nitrogen and oxygen atoms in total. The van der Waals surface area contributed by atoms with Crippen molar-refractivity contribution in [1.82, 2.24) is 10.6 Å². The monoisotopic (exact) mass is 548 g/mol. The maximum Gasteiger partial charge on any atom is 0.416 e. The molecule has 1 saturated carbocycles. The third-order valence-electron chi connectivity index (χ3n) is 7.50. The Morgan fingerprint density at radius 2 is 1.36 bits per heavy atom. The number of alkyl halides is 6. The van der Waals surface area contributed by atoms with Gasteiger partial charge in [-0.1, -0.05) is 60.7 Å². The number of carbonyl (C=O) groups is 1. The van der Waals surface area contributed by atoms with Gasteiger partial charge < -0.3 is 10.6 Å². The third kappa shape index (κ3) is 6.82. The smallest absolute Gasteiger partial charge is 0.349 e. The molecule has 1 atom stereocenters. The van der Waals surface area contributed by atoms with Crippen LogP contribution in [0.2, 0.25) is 0 Å². The molecule has 39 heavy (non-hydrogen) atoms. The minimum atomic E-state index is -4.96.